The first-order valence-corrected chi connectivity index (χ1v) is 9.92. The maximum absolute atomic E-state index is 12.7. The fourth-order valence-electron chi connectivity index (χ4n) is 2.83. The van der Waals surface area contributed by atoms with E-state index in [0.717, 1.165) is 35.1 Å². The van der Waals surface area contributed by atoms with Crippen LogP contribution in [0.15, 0.2) is 29.4 Å². The van der Waals surface area contributed by atoms with E-state index < -0.39 is 0 Å². The third-order valence-corrected chi connectivity index (χ3v) is 5.51. The van der Waals surface area contributed by atoms with Crippen LogP contribution in [-0.2, 0) is 9.59 Å². The zero-order valence-corrected chi connectivity index (χ0v) is 16.9. The number of anilines is 1. The molecule has 1 N–H and O–H groups in total. The Balaban J connectivity index is 1.54. The van der Waals surface area contributed by atoms with Crippen molar-refractivity contribution in [3.8, 4) is 0 Å². The molecule has 1 aromatic heterocycles. The van der Waals surface area contributed by atoms with Crippen LogP contribution in [0.2, 0.25) is 0 Å². The van der Waals surface area contributed by atoms with Crippen LogP contribution in [0.3, 0.4) is 0 Å². The molecule has 144 valence electrons. The highest BCUT2D eigenvalue weighted by atomic mass is 32.2. The quantitative estimate of drug-likeness (QED) is 0.739. The molecular formula is C19H25N5O2S. The molecule has 0 radical (unpaired) electrons. The van der Waals surface area contributed by atoms with E-state index in [1.165, 1.54) is 16.7 Å². The number of carbonyl (C=O) groups excluding carboxylic acids is 2. The first-order chi connectivity index (χ1) is 12.8. The molecule has 1 atom stereocenters. The lowest BCUT2D eigenvalue weighted by Gasteiger charge is -2.20. The molecule has 2 amide bonds. The Hall–Kier alpha value is -2.35. The number of nitrogens with one attached hydrogen (secondary N) is 1. The number of likely N-dealkylation sites (N-methyl/N-ethyl adjacent to an activating group) is 1. The number of aromatic nitrogens is 3. The number of benzene rings is 1. The van der Waals surface area contributed by atoms with E-state index >= 15 is 0 Å². The Morgan fingerprint density at radius 2 is 1.93 bits per heavy atom. The summed E-state index contributed by atoms with van der Waals surface area (Å²) < 4.78 is 2.11. The Morgan fingerprint density at radius 3 is 2.56 bits per heavy atom. The number of carbonyl (C=O) groups is 2. The third kappa shape index (κ3) is 4.88. The summed E-state index contributed by atoms with van der Waals surface area (Å²) in [4.78, 5) is 26.3. The van der Waals surface area contributed by atoms with Crippen LogP contribution >= 0.6 is 11.8 Å². The van der Waals surface area contributed by atoms with Gasteiger partial charge in [-0.25, -0.2) is 0 Å². The Bertz CT molecular complexity index is 829. The van der Waals surface area contributed by atoms with Gasteiger partial charge in [0.2, 0.25) is 11.8 Å². The molecule has 3 rings (SSSR count). The third-order valence-electron chi connectivity index (χ3n) is 4.47. The normalized spacial score (nSPS) is 14.7. The molecule has 2 aromatic rings. The van der Waals surface area contributed by atoms with Crippen molar-refractivity contribution in [3.05, 3.63) is 35.7 Å². The lowest BCUT2D eigenvalue weighted by atomic mass is 10.2. The monoisotopic (exact) mass is 387 g/mol. The molecule has 1 aliphatic carbocycles. The second-order valence-corrected chi connectivity index (χ2v) is 8.31. The maximum Gasteiger partial charge on any atom is 0.243 e. The standard InChI is InChI=1S/C19H25N5O2S/c1-12-5-7-15(8-6-12)20-17(25)11-23(4)18(26)13(2)27-19-22-21-14(3)24(19)16-9-10-16/h5-8,13,16H,9-11H2,1-4H3,(H,20,25)/t13-/m1/s1. The molecule has 0 spiro atoms. The van der Waals surface area contributed by atoms with Gasteiger partial charge in [-0.05, 0) is 45.7 Å². The Kier molecular flexibility index (Phi) is 5.84. The van der Waals surface area contributed by atoms with Crippen molar-refractivity contribution in [1.29, 1.82) is 0 Å². The van der Waals surface area contributed by atoms with Crippen LogP contribution in [-0.4, -0.2) is 50.3 Å². The van der Waals surface area contributed by atoms with Gasteiger partial charge in [0.1, 0.15) is 5.82 Å². The summed E-state index contributed by atoms with van der Waals surface area (Å²) in [5.41, 5.74) is 1.85. The first kappa shape index (κ1) is 19.4. The van der Waals surface area contributed by atoms with Gasteiger partial charge in [-0.3, -0.25) is 9.59 Å². The van der Waals surface area contributed by atoms with Crippen molar-refractivity contribution in [2.75, 3.05) is 18.9 Å². The molecule has 27 heavy (non-hydrogen) atoms. The Morgan fingerprint density at radius 1 is 1.26 bits per heavy atom. The van der Waals surface area contributed by atoms with E-state index in [-0.39, 0.29) is 23.6 Å². The van der Waals surface area contributed by atoms with E-state index in [0.29, 0.717) is 6.04 Å². The van der Waals surface area contributed by atoms with E-state index in [1.807, 2.05) is 45.0 Å². The van der Waals surface area contributed by atoms with Gasteiger partial charge < -0.3 is 14.8 Å². The predicted molar refractivity (Wildman–Crippen MR) is 106 cm³/mol. The van der Waals surface area contributed by atoms with Crippen molar-refractivity contribution >= 4 is 29.3 Å². The molecule has 0 bridgehead atoms. The van der Waals surface area contributed by atoms with Gasteiger partial charge in [0.05, 0.1) is 11.8 Å². The highest BCUT2D eigenvalue weighted by Crippen LogP contribution is 2.39. The highest BCUT2D eigenvalue weighted by molar-refractivity contribution is 8.00. The summed E-state index contributed by atoms with van der Waals surface area (Å²) in [5, 5.41) is 11.6. The Labute approximate surface area is 163 Å². The zero-order valence-electron chi connectivity index (χ0n) is 16.1. The number of thioether (sulfide) groups is 1. The minimum Gasteiger partial charge on any atom is -0.335 e. The van der Waals surface area contributed by atoms with Gasteiger partial charge in [0.25, 0.3) is 0 Å². The van der Waals surface area contributed by atoms with Crippen molar-refractivity contribution < 1.29 is 9.59 Å². The van der Waals surface area contributed by atoms with Crippen LogP contribution in [0, 0.1) is 13.8 Å². The minimum absolute atomic E-state index is 0.00591. The van der Waals surface area contributed by atoms with Gasteiger partial charge in [0, 0.05) is 18.8 Å². The fraction of sp³-hybridized carbons (Fsp3) is 0.474. The molecule has 1 aliphatic rings. The molecule has 0 aliphatic heterocycles. The topological polar surface area (TPSA) is 80.1 Å². The number of amides is 2. The second-order valence-electron chi connectivity index (χ2n) is 7.00. The summed E-state index contributed by atoms with van der Waals surface area (Å²) in [5.74, 6) is 0.552. The van der Waals surface area contributed by atoms with Crippen molar-refractivity contribution in [2.24, 2.45) is 0 Å². The van der Waals surface area contributed by atoms with Gasteiger partial charge in [-0.2, -0.15) is 0 Å². The first-order valence-electron chi connectivity index (χ1n) is 9.05. The molecule has 7 nitrogen and oxygen atoms in total. The molecule has 0 unspecified atom stereocenters. The fourth-order valence-corrected chi connectivity index (χ4v) is 3.91. The molecule has 1 heterocycles. The lowest BCUT2D eigenvalue weighted by molar-refractivity contribution is -0.132. The molecule has 1 aromatic carbocycles. The van der Waals surface area contributed by atoms with E-state index in [1.54, 1.807) is 7.05 Å². The summed E-state index contributed by atoms with van der Waals surface area (Å²) in [6, 6.07) is 8.02. The SMILES string of the molecule is Cc1ccc(NC(=O)CN(C)C(=O)[C@@H](C)Sc2nnc(C)n2C2CC2)cc1. The van der Waals surface area contributed by atoms with E-state index in [9.17, 15) is 9.59 Å². The number of rotatable bonds is 7. The smallest absolute Gasteiger partial charge is 0.243 e. The average molecular weight is 388 g/mol. The number of nitrogens with zero attached hydrogens (tertiary/aromatic N) is 4. The highest BCUT2D eigenvalue weighted by Gasteiger charge is 2.30. The average Bonchev–Trinajstić information content (AvgIpc) is 3.39. The van der Waals surface area contributed by atoms with Crippen LogP contribution in [0.5, 0.6) is 0 Å². The molecule has 8 heteroatoms. The second kappa shape index (κ2) is 8.12. The van der Waals surface area contributed by atoms with Gasteiger partial charge >= 0.3 is 0 Å². The van der Waals surface area contributed by atoms with E-state index in [4.69, 9.17) is 0 Å². The van der Waals surface area contributed by atoms with Crippen molar-refractivity contribution in [3.63, 3.8) is 0 Å². The molecule has 1 saturated carbocycles. The maximum atomic E-state index is 12.7. The van der Waals surface area contributed by atoms with Gasteiger partial charge in [-0.15, -0.1) is 10.2 Å². The summed E-state index contributed by atoms with van der Waals surface area (Å²) in [6.45, 7) is 5.76. The van der Waals surface area contributed by atoms with Gasteiger partial charge in [-0.1, -0.05) is 29.5 Å². The summed E-state index contributed by atoms with van der Waals surface area (Å²) >= 11 is 1.39. The van der Waals surface area contributed by atoms with Crippen LogP contribution in [0.25, 0.3) is 0 Å². The largest absolute Gasteiger partial charge is 0.335 e. The number of aryl methyl sites for hydroxylation is 2. The summed E-state index contributed by atoms with van der Waals surface area (Å²) in [7, 11) is 1.64. The summed E-state index contributed by atoms with van der Waals surface area (Å²) in [6.07, 6.45) is 2.27. The number of hydrogen-bond acceptors (Lipinski definition) is 5. The van der Waals surface area contributed by atoms with Gasteiger partial charge in [0.15, 0.2) is 5.16 Å². The van der Waals surface area contributed by atoms with Crippen LogP contribution in [0.4, 0.5) is 5.69 Å². The zero-order chi connectivity index (χ0) is 19.6. The van der Waals surface area contributed by atoms with Crippen molar-refractivity contribution in [2.45, 2.75) is 50.1 Å². The lowest BCUT2D eigenvalue weighted by Crippen LogP contribution is -2.39. The predicted octanol–water partition coefficient (Wildman–Crippen LogP) is 2.81. The molecule has 1 fully saturated rings. The molecular weight excluding hydrogens is 362 g/mol. The minimum atomic E-state index is -0.344. The van der Waals surface area contributed by atoms with Crippen molar-refractivity contribution in [1.82, 2.24) is 19.7 Å². The molecule has 0 saturated heterocycles. The number of hydrogen-bond donors (Lipinski definition) is 1. The van der Waals surface area contributed by atoms with E-state index in [2.05, 4.69) is 20.1 Å². The van der Waals surface area contributed by atoms with Crippen LogP contribution in [0.1, 0.15) is 37.2 Å². The van der Waals surface area contributed by atoms with Crippen LogP contribution < -0.4 is 5.32 Å².